The van der Waals surface area contributed by atoms with Crippen molar-refractivity contribution in [3.63, 3.8) is 0 Å². The number of carbonyl (C=O) groups excluding carboxylic acids is 1. The normalized spacial score (nSPS) is 13.6. The molecule has 0 radical (unpaired) electrons. The summed E-state index contributed by atoms with van der Waals surface area (Å²) >= 11 is 0. The minimum atomic E-state index is 0.0293. The van der Waals surface area contributed by atoms with E-state index in [2.05, 4.69) is 76.2 Å². The van der Waals surface area contributed by atoms with Crippen LogP contribution in [0.25, 0.3) is 0 Å². The van der Waals surface area contributed by atoms with Crippen molar-refractivity contribution < 1.29 is 9.53 Å². The Morgan fingerprint density at radius 2 is 0.953 bits per heavy atom. The molecule has 252 valence electrons. The zero-order valence-electron chi connectivity index (χ0n) is 29.8. The topological polar surface area (TPSA) is 29.5 Å². The third-order valence-corrected chi connectivity index (χ3v) is 8.47. The molecular weight excluding hydrogens is 526 g/mol. The molecule has 3 heteroatoms. The summed E-state index contributed by atoms with van der Waals surface area (Å²) < 4.78 is 6.34. The minimum Gasteiger partial charge on any atom is -0.462 e. The van der Waals surface area contributed by atoms with E-state index >= 15 is 0 Å². The van der Waals surface area contributed by atoms with Gasteiger partial charge in [-0.25, -0.2) is 0 Å². The van der Waals surface area contributed by atoms with E-state index in [0.29, 0.717) is 12.3 Å². The Labute approximate surface area is 270 Å². The third kappa shape index (κ3) is 30.5. The van der Waals surface area contributed by atoms with Crippen LogP contribution in [0.1, 0.15) is 181 Å². The maximum atomic E-state index is 13.0. The van der Waals surface area contributed by atoms with Gasteiger partial charge in [-0.2, -0.15) is 0 Å². The molecule has 3 nitrogen and oxygen atoms in total. The van der Waals surface area contributed by atoms with Crippen molar-refractivity contribution in [1.82, 2.24) is 4.90 Å². The van der Waals surface area contributed by atoms with Crippen LogP contribution in [-0.4, -0.2) is 37.6 Å². The van der Waals surface area contributed by atoms with Crippen LogP contribution in [0.4, 0.5) is 0 Å². The van der Waals surface area contributed by atoms with E-state index in [9.17, 15) is 4.79 Å². The average Bonchev–Trinajstić information content (AvgIpc) is 2.99. The van der Waals surface area contributed by atoms with Gasteiger partial charge >= 0.3 is 5.97 Å². The summed E-state index contributed by atoms with van der Waals surface area (Å²) in [5.41, 5.74) is 0. The fourth-order valence-corrected chi connectivity index (χ4v) is 5.69. The SMILES string of the molecule is CCCCCC=CCCCC(CCCC=CCCCCC)C(CCCC=CCCCCC)OC(=O)CCCCCN(C)C. The van der Waals surface area contributed by atoms with Gasteiger partial charge in [0.05, 0.1) is 0 Å². The average molecular weight is 602 g/mol. The maximum absolute atomic E-state index is 13.0. The Morgan fingerprint density at radius 3 is 1.37 bits per heavy atom. The van der Waals surface area contributed by atoms with Crippen molar-refractivity contribution in [2.75, 3.05) is 20.6 Å². The third-order valence-electron chi connectivity index (χ3n) is 8.47. The zero-order valence-corrected chi connectivity index (χ0v) is 29.8. The summed E-state index contributed by atoms with van der Waals surface area (Å²) in [5, 5.41) is 0. The van der Waals surface area contributed by atoms with Crippen LogP contribution in [0.15, 0.2) is 36.5 Å². The first-order chi connectivity index (χ1) is 21.0. The van der Waals surface area contributed by atoms with Gasteiger partial charge in [0.25, 0.3) is 0 Å². The maximum Gasteiger partial charge on any atom is 0.306 e. The number of hydrogen-bond donors (Lipinski definition) is 0. The zero-order chi connectivity index (χ0) is 31.6. The van der Waals surface area contributed by atoms with E-state index in [1.807, 2.05) is 0 Å². The largest absolute Gasteiger partial charge is 0.462 e. The van der Waals surface area contributed by atoms with E-state index in [-0.39, 0.29) is 12.1 Å². The van der Waals surface area contributed by atoms with Crippen molar-refractivity contribution in [2.45, 2.75) is 187 Å². The van der Waals surface area contributed by atoms with Gasteiger partial charge < -0.3 is 9.64 Å². The van der Waals surface area contributed by atoms with Gasteiger partial charge in [0.2, 0.25) is 0 Å². The second-order valence-corrected chi connectivity index (χ2v) is 13.1. The molecule has 0 aromatic carbocycles. The molecule has 0 aliphatic carbocycles. The monoisotopic (exact) mass is 602 g/mol. The van der Waals surface area contributed by atoms with E-state index in [0.717, 1.165) is 70.8 Å². The first kappa shape index (κ1) is 41.7. The molecule has 1 unspecified atom stereocenters. The Balaban J connectivity index is 5.14. The van der Waals surface area contributed by atoms with Crippen LogP contribution in [0.3, 0.4) is 0 Å². The standard InChI is InChI=1S/C40H75NO2/c1-6-9-12-15-18-21-24-28-33-38(34-29-25-22-19-16-13-10-7-2)39(35-30-26-23-20-17-14-11-8-3)43-40(42)36-31-27-32-37-41(4)5/h18-23,38-39H,6-17,24-37H2,1-5H3. The van der Waals surface area contributed by atoms with Crippen LogP contribution < -0.4 is 0 Å². The van der Waals surface area contributed by atoms with E-state index in [1.54, 1.807) is 0 Å². The molecule has 0 amide bonds. The van der Waals surface area contributed by atoms with Crippen LogP contribution in [-0.2, 0) is 9.53 Å². The highest BCUT2D eigenvalue weighted by Crippen LogP contribution is 2.27. The van der Waals surface area contributed by atoms with Gasteiger partial charge in [-0.3, -0.25) is 4.79 Å². The predicted octanol–water partition coefficient (Wildman–Crippen LogP) is 12.6. The number of unbranched alkanes of at least 4 members (excludes halogenated alkanes) is 14. The molecule has 0 rings (SSSR count). The highest BCUT2D eigenvalue weighted by atomic mass is 16.5. The van der Waals surface area contributed by atoms with Crippen LogP contribution in [0, 0.1) is 5.92 Å². The molecule has 0 fully saturated rings. The van der Waals surface area contributed by atoms with Gasteiger partial charge in [-0.15, -0.1) is 0 Å². The van der Waals surface area contributed by atoms with Crippen molar-refractivity contribution in [1.29, 1.82) is 0 Å². The molecule has 0 aromatic rings. The highest BCUT2D eigenvalue weighted by molar-refractivity contribution is 5.69. The molecule has 0 saturated heterocycles. The van der Waals surface area contributed by atoms with Gasteiger partial charge in [0.1, 0.15) is 6.10 Å². The fraction of sp³-hybridized carbons (Fsp3) is 0.825. The Morgan fingerprint density at radius 1 is 0.535 bits per heavy atom. The minimum absolute atomic E-state index is 0.0293. The van der Waals surface area contributed by atoms with Gasteiger partial charge in [0, 0.05) is 6.42 Å². The number of hydrogen-bond acceptors (Lipinski definition) is 3. The van der Waals surface area contributed by atoms with Gasteiger partial charge in [-0.05, 0) is 136 Å². The Bertz CT molecular complexity index is 639. The van der Waals surface area contributed by atoms with E-state index in [1.165, 1.54) is 89.9 Å². The van der Waals surface area contributed by atoms with E-state index in [4.69, 9.17) is 4.74 Å². The van der Waals surface area contributed by atoms with Crippen molar-refractivity contribution in [3.8, 4) is 0 Å². The van der Waals surface area contributed by atoms with Crippen molar-refractivity contribution >= 4 is 5.97 Å². The lowest BCUT2D eigenvalue weighted by molar-refractivity contribution is -0.153. The second-order valence-electron chi connectivity index (χ2n) is 13.1. The molecule has 0 N–H and O–H groups in total. The number of ether oxygens (including phenoxy) is 1. The number of rotatable bonds is 32. The molecular formula is C40H75NO2. The quantitative estimate of drug-likeness (QED) is 0.0436. The highest BCUT2D eigenvalue weighted by Gasteiger charge is 2.24. The van der Waals surface area contributed by atoms with Crippen LogP contribution >= 0.6 is 0 Å². The fourth-order valence-electron chi connectivity index (χ4n) is 5.69. The van der Waals surface area contributed by atoms with Gasteiger partial charge in [-0.1, -0.05) is 102 Å². The van der Waals surface area contributed by atoms with Crippen molar-refractivity contribution in [2.24, 2.45) is 5.92 Å². The molecule has 0 aliphatic rings. The number of nitrogens with zero attached hydrogens (tertiary/aromatic N) is 1. The molecule has 1 atom stereocenters. The molecule has 0 spiro atoms. The van der Waals surface area contributed by atoms with Gasteiger partial charge in [0.15, 0.2) is 0 Å². The summed E-state index contributed by atoms with van der Waals surface area (Å²) in [7, 11) is 4.23. The number of allylic oxidation sites excluding steroid dienone is 6. The summed E-state index contributed by atoms with van der Waals surface area (Å²) in [5.74, 6) is 0.495. The first-order valence-electron chi connectivity index (χ1n) is 18.8. The van der Waals surface area contributed by atoms with Crippen LogP contribution in [0.2, 0.25) is 0 Å². The predicted molar refractivity (Wildman–Crippen MR) is 192 cm³/mol. The molecule has 43 heavy (non-hydrogen) atoms. The first-order valence-corrected chi connectivity index (χ1v) is 18.8. The summed E-state index contributed by atoms with van der Waals surface area (Å²) in [4.78, 5) is 15.2. The second kappa shape index (κ2) is 33.5. The lowest BCUT2D eigenvalue weighted by Gasteiger charge is -2.27. The van der Waals surface area contributed by atoms with E-state index < -0.39 is 0 Å². The number of carbonyl (C=O) groups is 1. The van der Waals surface area contributed by atoms with Crippen molar-refractivity contribution in [3.05, 3.63) is 36.5 Å². The molecule has 0 bridgehead atoms. The lowest BCUT2D eigenvalue weighted by Crippen LogP contribution is -2.27. The van der Waals surface area contributed by atoms with Crippen LogP contribution in [0.5, 0.6) is 0 Å². The summed E-state index contributed by atoms with van der Waals surface area (Å²) in [6.45, 7) is 7.89. The smallest absolute Gasteiger partial charge is 0.306 e. The number of esters is 1. The molecule has 0 aromatic heterocycles. The summed E-state index contributed by atoms with van der Waals surface area (Å²) in [6, 6.07) is 0. The molecule has 0 aliphatic heterocycles. The molecule has 0 heterocycles. The summed E-state index contributed by atoms with van der Waals surface area (Å²) in [6.07, 6.45) is 43.6. The Hall–Kier alpha value is -1.35. The Kier molecular flexibility index (Phi) is 32.5. The molecule has 0 saturated carbocycles. The lowest BCUT2D eigenvalue weighted by atomic mass is 9.87.